The van der Waals surface area contributed by atoms with E-state index in [4.69, 9.17) is 4.52 Å². The Morgan fingerprint density at radius 1 is 1.12 bits per heavy atom. The number of anilines is 1. The number of para-hydroxylation sites is 1. The molecule has 0 fully saturated rings. The molecule has 0 N–H and O–H groups in total. The maximum absolute atomic E-state index is 14.2. The molecule has 0 saturated heterocycles. The van der Waals surface area contributed by atoms with Crippen LogP contribution in [-0.4, -0.2) is 17.6 Å². The molecule has 2 heterocycles. The number of fused-ring (bicyclic) bond motifs is 1. The van der Waals surface area contributed by atoms with Crippen molar-refractivity contribution >= 4 is 11.6 Å². The van der Waals surface area contributed by atoms with Crippen molar-refractivity contribution in [2.75, 3.05) is 11.4 Å². The van der Waals surface area contributed by atoms with Gasteiger partial charge in [-0.15, -0.1) is 0 Å². The molecule has 0 bridgehead atoms. The fraction of sp³-hybridized carbons (Fsp3) is 0.158. The molecule has 120 valence electrons. The summed E-state index contributed by atoms with van der Waals surface area (Å²) in [7, 11) is 0. The quantitative estimate of drug-likeness (QED) is 0.714. The summed E-state index contributed by atoms with van der Waals surface area (Å²) >= 11 is 0. The summed E-state index contributed by atoms with van der Waals surface area (Å²) in [4.78, 5) is 14.3. The maximum atomic E-state index is 14.2. The minimum atomic E-state index is -0.382. The topological polar surface area (TPSA) is 46.3 Å². The molecule has 4 nitrogen and oxygen atoms in total. The monoisotopic (exact) mass is 322 g/mol. The number of aromatic nitrogens is 1. The molecule has 3 aromatic rings. The van der Waals surface area contributed by atoms with Crippen molar-refractivity contribution in [3.63, 3.8) is 0 Å². The van der Waals surface area contributed by atoms with Gasteiger partial charge in [0.15, 0.2) is 11.5 Å². The lowest BCUT2D eigenvalue weighted by molar-refractivity contribution is 0.0975. The van der Waals surface area contributed by atoms with Gasteiger partial charge in [0, 0.05) is 18.2 Å². The number of amides is 1. The molecule has 0 aliphatic carbocycles. The Morgan fingerprint density at radius 2 is 1.96 bits per heavy atom. The Hall–Kier alpha value is -2.95. The third-order valence-electron chi connectivity index (χ3n) is 4.20. The smallest absolute Gasteiger partial charge is 0.280 e. The maximum Gasteiger partial charge on any atom is 0.280 e. The van der Waals surface area contributed by atoms with Crippen LogP contribution in [0.25, 0.3) is 11.3 Å². The van der Waals surface area contributed by atoms with Gasteiger partial charge in [-0.3, -0.25) is 4.79 Å². The molecule has 0 radical (unpaired) electrons. The summed E-state index contributed by atoms with van der Waals surface area (Å²) in [5.74, 6) is -0.205. The molecule has 1 aromatic heterocycles. The number of carbonyl (C=O) groups excluding carboxylic acids is 1. The van der Waals surface area contributed by atoms with Crippen molar-refractivity contribution < 1.29 is 13.7 Å². The zero-order valence-electron chi connectivity index (χ0n) is 12.9. The van der Waals surface area contributed by atoms with E-state index in [1.165, 1.54) is 11.0 Å². The minimum absolute atomic E-state index is 0.185. The summed E-state index contributed by atoms with van der Waals surface area (Å²) in [5, 5.41) is 3.88. The van der Waals surface area contributed by atoms with Gasteiger partial charge in [-0.1, -0.05) is 47.6 Å². The van der Waals surface area contributed by atoms with E-state index in [1.807, 2.05) is 36.4 Å². The molecule has 0 saturated carbocycles. The van der Waals surface area contributed by atoms with E-state index in [0.29, 0.717) is 18.0 Å². The van der Waals surface area contributed by atoms with E-state index in [0.717, 1.165) is 24.0 Å². The fourth-order valence-electron chi connectivity index (χ4n) is 3.06. The molecule has 24 heavy (non-hydrogen) atoms. The highest BCUT2D eigenvalue weighted by atomic mass is 19.1. The van der Waals surface area contributed by atoms with E-state index in [-0.39, 0.29) is 17.4 Å². The summed E-state index contributed by atoms with van der Waals surface area (Å²) in [6.07, 6.45) is 1.57. The molecule has 0 atom stereocenters. The van der Waals surface area contributed by atoms with Crippen molar-refractivity contribution in [2.45, 2.75) is 12.8 Å². The van der Waals surface area contributed by atoms with Crippen molar-refractivity contribution in [1.29, 1.82) is 0 Å². The first-order valence-electron chi connectivity index (χ1n) is 7.85. The standard InChI is InChI=1S/C19H15FN2O2/c20-15-10-4-8-14-9-5-11-22(18(14)15)19(23)16-12-17(24-21-16)13-6-2-1-3-7-13/h1-4,6-8,10,12H,5,9,11H2. The highest BCUT2D eigenvalue weighted by Gasteiger charge is 2.28. The third kappa shape index (κ3) is 2.48. The minimum Gasteiger partial charge on any atom is -0.355 e. The largest absolute Gasteiger partial charge is 0.355 e. The van der Waals surface area contributed by atoms with Crippen LogP contribution in [-0.2, 0) is 6.42 Å². The molecule has 2 aromatic carbocycles. The lowest BCUT2D eigenvalue weighted by atomic mass is 10.0. The number of nitrogens with zero attached hydrogens (tertiary/aromatic N) is 2. The van der Waals surface area contributed by atoms with Crippen LogP contribution < -0.4 is 4.90 Å². The first-order chi connectivity index (χ1) is 11.7. The molecule has 5 heteroatoms. The second kappa shape index (κ2) is 5.92. The van der Waals surface area contributed by atoms with Gasteiger partial charge in [0.1, 0.15) is 5.82 Å². The number of aryl methyl sites for hydroxylation is 1. The molecule has 0 unspecified atom stereocenters. The Labute approximate surface area is 138 Å². The van der Waals surface area contributed by atoms with Gasteiger partial charge < -0.3 is 9.42 Å². The number of hydrogen-bond acceptors (Lipinski definition) is 3. The lowest BCUT2D eigenvalue weighted by Crippen LogP contribution is -2.36. The molecule has 1 aliphatic heterocycles. The summed E-state index contributed by atoms with van der Waals surface area (Å²) in [5.41, 5.74) is 2.23. The van der Waals surface area contributed by atoms with Crippen LogP contribution in [0, 0.1) is 5.82 Å². The number of benzene rings is 2. The van der Waals surface area contributed by atoms with Gasteiger partial charge in [-0.05, 0) is 24.5 Å². The second-order valence-corrected chi connectivity index (χ2v) is 5.75. The molecular formula is C19H15FN2O2. The lowest BCUT2D eigenvalue weighted by Gasteiger charge is -2.29. The molecule has 1 amide bonds. The highest BCUT2D eigenvalue weighted by molar-refractivity contribution is 6.06. The zero-order chi connectivity index (χ0) is 16.5. The Balaban J connectivity index is 1.68. The van der Waals surface area contributed by atoms with Gasteiger partial charge in [-0.25, -0.2) is 4.39 Å². The number of rotatable bonds is 2. The number of hydrogen-bond donors (Lipinski definition) is 0. The van der Waals surface area contributed by atoms with Gasteiger partial charge in [-0.2, -0.15) is 0 Å². The van der Waals surface area contributed by atoms with E-state index in [1.54, 1.807) is 12.1 Å². The van der Waals surface area contributed by atoms with Crippen LogP contribution in [0.1, 0.15) is 22.5 Å². The van der Waals surface area contributed by atoms with Gasteiger partial charge in [0.25, 0.3) is 5.91 Å². The first-order valence-corrected chi connectivity index (χ1v) is 7.85. The average molecular weight is 322 g/mol. The Bertz CT molecular complexity index is 889. The first kappa shape index (κ1) is 14.6. The Kier molecular flexibility index (Phi) is 3.61. The summed E-state index contributed by atoms with van der Waals surface area (Å²) < 4.78 is 19.5. The van der Waals surface area contributed by atoms with E-state index in [2.05, 4.69) is 5.16 Å². The number of carbonyl (C=O) groups is 1. The van der Waals surface area contributed by atoms with Gasteiger partial charge in [0.2, 0.25) is 0 Å². The summed E-state index contributed by atoms with van der Waals surface area (Å²) in [6.45, 7) is 0.473. The average Bonchev–Trinajstić information content (AvgIpc) is 3.12. The highest BCUT2D eigenvalue weighted by Crippen LogP contribution is 2.31. The van der Waals surface area contributed by atoms with E-state index in [9.17, 15) is 9.18 Å². The molecular weight excluding hydrogens is 307 g/mol. The van der Waals surface area contributed by atoms with Gasteiger partial charge >= 0.3 is 0 Å². The van der Waals surface area contributed by atoms with Crippen LogP contribution in [0.4, 0.5) is 10.1 Å². The van der Waals surface area contributed by atoms with Gasteiger partial charge in [0.05, 0.1) is 5.69 Å². The van der Waals surface area contributed by atoms with E-state index >= 15 is 0 Å². The van der Waals surface area contributed by atoms with Crippen molar-refractivity contribution in [2.24, 2.45) is 0 Å². The van der Waals surface area contributed by atoms with Crippen LogP contribution in [0.3, 0.4) is 0 Å². The predicted octanol–water partition coefficient (Wildman–Crippen LogP) is 4.07. The molecule has 0 spiro atoms. The van der Waals surface area contributed by atoms with Crippen LogP contribution in [0.2, 0.25) is 0 Å². The van der Waals surface area contributed by atoms with Crippen molar-refractivity contribution in [1.82, 2.24) is 5.16 Å². The molecule has 4 rings (SSSR count). The molecule has 1 aliphatic rings. The normalized spacial score (nSPS) is 13.6. The SMILES string of the molecule is O=C(c1cc(-c2ccccc2)on1)N1CCCc2cccc(F)c21. The third-order valence-corrected chi connectivity index (χ3v) is 4.20. The second-order valence-electron chi connectivity index (χ2n) is 5.75. The van der Waals surface area contributed by atoms with Crippen LogP contribution >= 0.6 is 0 Å². The van der Waals surface area contributed by atoms with Crippen molar-refractivity contribution in [3.8, 4) is 11.3 Å². The van der Waals surface area contributed by atoms with Crippen LogP contribution in [0.15, 0.2) is 59.1 Å². The van der Waals surface area contributed by atoms with Crippen molar-refractivity contribution in [3.05, 3.63) is 71.7 Å². The van der Waals surface area contributed by atoms with E-state index < -0.39 is 0 Å². The summed E-state index contributed by atoms with van der Waals surface area (Å²) in [6, 6.07) is 15.9. The zero-order valence-corrected chi connectivity index (χ0v) is 12.9. The fourth-order valence-corrected chi connectivity index (χ4v) is 3.06. The number of halogens is 1. The van der Waals surface area contributed by atoms with Crippen LogP contribution in [0.5, 0.6) is 0 Å². The predicted molar refractivity (Wildman–Crippen MR) is 88.3 cm³/mol. The Morgan fingerprint density at radius 3 is 2.79 bits per heavy atom.